The van der Waals surface area contributed by atoms with Crippen LogP contribution in [0, 0.1) is 5.41 Å². The van der Waals surface area contributed by atoms with E-state index in [1.165, 1.54) is 0 Å². The minimum atomic E-state index is -0.0609. The van der Waals surface area contributed by atoms with Gasteiger partial charge in [0.2, 0.25) is 5.91 Å². The standard InChI is InChI=1S/C30H38N2O7/c1-20(15-21-16-26(38-5)27(39-6)18-25(21)37-4)28(33)32-14-11-30(19-32)9-12-31(13-10-30)29(34)23-17-22(35-2)7-8-24(23)36-3/h7-8,15-18H,9-14,19H2,1-6H3. The van der Waals surface area contributed by atoms with Crippen LogP contribution < -0.4 is 23.7 Å². The van der Waals surface area contributed by atoms with Crippen LogP contribution in [0.2, 0.25) is 0 Å². The fourth-order valence-electron chi connectivity index (χ4n) is 5.56. The first-order valence-corrected chi connectivity index (χ1v) is 13.1. The van der Waals surface area contributed by atoms with Gasteiger partial charge in [-0.1, -0.05) is 0 Å². The van der Waals surface area contributed by atoms with Crippen molar-refractivity contribution in [1.29, 1.82) is 0 Å². The van der Waals surface area contributed by atoms with E-state index in [-0.39, 0.29) is 17.2 Å². The lowest BCUT2D eigenvalue weighted by atomic mass is 9.77. The first-order chi connectivity index (χ1) is 18.8. The van der Waals surface area contributed by atoms with Gasteiger partial charge >= 0.3 is 0 Å². The Morgan fingerprint density at radius 2 is 1.33 bits per heavy atom. The number of rotatable bonds is 8. The Bertz CT molecular complexity index is 1250. The third-order valence-corrected chi connectivity index (χ3v) is 7.92. The van der Waals surface area contributed by atoms with Gasteiger partial charge < -0.3 is 33.5 Å². The molecule has 0 bridgehead atoms. The van der Waals surface area contributed by atoms with E-state index < -0.39 is 0 Å². The van der Waals surface area contributed by atoms with Crippen molar-refractivity contribution < 1.29 is 33.3 Å². The fraction of sp³-hybridized carbons (Fsp3) is 0.467. The molecule has 9 heteroatoms. The molecule has 2 fully saturated rings. The Kier molecular flexibility index (Phi) is 8.57. The van der Waals surface area contributed by atoms with E-state index >= 15 is 0 Å². The third kappa shape index (κ3) is 5.77. The van der Waals surface area contributed by atoms with Crippen LogP contribution in [0.25, 0.3) is 6.08 Å². The van der Waals surface area contributed by atoms with Gasteiger partial charge in [-0.3, -0.25) is 9.59 Å². The summed E-state index contributed by atoms with van der Waals surface area (Å²) in [6.45, 7) is 4.49. The lowest BCUT2D eigenvalue weighted by molar-refractivity contribution is -0.126. The maximum Gasteiger partial charge on any atom is 0.257 e. The van der Waals surface area contributed by atoms with Crippen LogP contribution in [0.5, 0.6) is 28.7 Å². The molecule has 2 amide bonds. The summed E-state index contributed by atoms with van der Waals surface area (Å²) in [7, 11) is 7.87. The summed E-state index contributed by atoms with van der Waals surface area (Å²) in [4.78, 5) is 30.5. The van der Waals surface area contributed by atoms with Gasteiger partial charge in [-0.25, -0.2) is 0 Å². The average molecular weight is 539 g/mol. The van der Waals surface area contributed by atoms with E-state index in [1.807, 2.05) is 28.9 Å². The quantitative estimate of drug-likeness (QED) is 0.464. The maximum absolute atomic E-state index is 13.4. The van der Waals surface area contributed by atoms with Gasteiger partial charge in [0.05, 0.1) is 41.1 Å². The van der Waals surface area contributed by atoms with E-state index in [4.69, 9.17) is 23.7 Å². The Labute approximate surface area is 230 Å². The largest absolute Gasteiger partial charge is 0.497 e. The predicted octanol–water partition coefficient (Wildman–Crippen LogP) is 4.29. The number of amides is 2. The SMILES string of the molecule is COc1ccc(OC)c(C(=O)N2CCC3(CCN(C(=O)C(C)=Cc4cc(OC)c(OC)cc4OC)C3)CC2)c1. The first-order valence-electron chi connectivity index (χ1n) is 13.1. The van der Waals surface area contributed by atoms with Crippen LogP contribution in [0.4, 0.5) is 0 Å². The van der Waals surface area contributed by atoms with Gasteiger partial charge in [0, 0.05) is 43.4 Å². The van der Waals surface area contributed by atoms with Crippen LogP contribution in [0.3, 0.4) is 0 Å². The molecule has 1 spiro atoms. The number of carbonyl (C=O) groups is 2. The van der Waals surface area contributed by atoms with E-state index in [9.17, 15) is 9.59 Å². The van der Waals surface area contributed by atoms with E-state index in [0.29, 0.717) is 66.1 Å². The van der Waals surface area contributed by atoms with Crippen LogP contribution in [0.15, 0.2) is 35.9 Å². The second kappa shape index (κ2) is 11.9. The number of carbonyl (C=O) groups excluding carboxylic acids is 2. The molecule has 0 unspecified atom stereocenters. The summed E-state index contributed by atoms with van der Waals surface area (Å²) in [5, 5.41) is 0. The summed E-state index contributed by atoms with van der Waals surface area (Å²) in [5.74, 6) is 2.82. The van der Waals surface area contributed by atoms with Crippen molar-refractivity contribution in [1.82, 2.24) is 9.80 Å². The van der Waals surface area contributed by atoms with Crippen molar-refractivity contribution in [2.75, 3.05) is 61.7 Å². The van der Waals surface area contributed by atoms with Crippen LogP contribution in [0.1, 0.15) is 42.1 Å². The molecule has 0 atom stereocenters. The number of hydrogen-bond acceptors (Lipinski definition) is 7. The van der Waals surface area contributed by atoms with E-state index in [0.717, 1.165) is 24.8 Å². The number of hydrogen-bond donors (Lipinski definition) is 0. The number of ether oxygens (including phenoxy) is 5. The summed E-state index contributed by atoms with van der Waals surface area (Å²) in [6.07, 6.45) is 4.45. The molecule has 2 heterocycles. The summed E-state index contributed by atoms with van der Waals surface area (Å²) < 4.78 is 27.0. The van der Waals surface area contributed by atoms with Crippen molar-refractivity contribution in [3.63, 3.8) is 0 Å². The zero-order valence-corrected chi connectivity index (χ0v) is 23.7. The minimum absolute atomic E-state index is 0.00309. The second-order valence-electron chi connectivity index (χ2n) is 10.1. The number of methoxy groups -OCH3 is 5. The van der Waals surface area contributed by atoms with Crippen molar-refractivity contribution in [3.05, 3.63) is 47.0 Å². The predicted molar refractivity (Wildman–Crippen MR) is 148 cm³/mol. The van der Waals surface area contributed by atoms with Crippen molar-refractivity contribution in [3.8, 4) is 28.7 Å². The lowest BCUT2D eigenvalue weighted by Crippen LogP contribution is -2.44. The van der Waals surface area contributed by atoms with Gasteiger partial charge in [0.25, 0.3) is 5.91 Å². The van der Waals surface area contributed by atoms with E-state index in [2.05, 4.69) is 0 Å². The molecule has 0 N–H and O–H groups in total. The molecule has 4 rings (SSSR count). The number of piperidine rings is 1. The molecule has 9 nitrogen and oxygen atoms in total. The fourth-order valence-corrected chi connectivity index (χ4v) is 5.56. The normalized spacial score (nSPS) is 16.7. The van der Waals surface area contributed by atoms with Gasteiger partial charge in [0.15, 0.2) is 11.5 Å². The van der Waals surface area contributed by atoms with Crippen LogP contribution in [-0.4, -0.2) is 83.3 Å². The minimum Gasteiger partial charge on any atom is -0.497 e. The summed E-state index contributed by atoms with van der Waals surface area (Å²) in [5.41, 5.74) is 1.89. The maximum atomic E-state index is 13.4. The highest BCUT2D eigenvalue weighted by molar-refractivity contribution is 5.98. The molecule has 0 aromatic heterocycles. The molecule has 2 aromatic carbocycles. The first kappa shape index (κ1) is 28.1. The third-order valence-electron chi connectivity index (χ3n) is 7.92. The molecule has 2 saturated heterocycles. The summed E-state index contributed by atoms with van der Waals surface area (Å²) >= 11 is 0. The van der Waals surface area contributed by atoms with Gasteiger partial charge in [-0.2, -0.15) is 0 Å². The molecule has 2 aliphatic rings. The monoisotopic (exact) mass is 538 g/mol. The van der Waals surface area contributed by atoms with Gasteiger partial charge in [-0.05, 0) is 61.9 Å². The van der Waals surface area contributed by atoms with Crippen molar-refractivity contribution in [2.45, 2.75) is 26.2 Å². The number of nitrogens with zero attached hydrogens (tertiary/aromatic N) is 2. The lowest BCUT2D eigenvalue weighted by Gasteiger charge is -2.39. The zero-order chi connectivity index (χ0) is 28.2. The molecule has 210 valence electrons. The molecule has 0 aliphatic carbocycles. The molecule has 0 radical (unpaired) electrons. The number of benzene rings is 2. The smallest absolute Gasteiger partial charge is 0.257 e. The van der Waals surface area contributed by atoms with Crippen molar-refractivity contribution in [2.24, 2.45) is 5.41 Å². The van der Waals surface area contributed by atoms with Gasteiger partial charge in [-0.15, -0.1) is 0 Å². The van der Waals surface area contributed by atoms with Gasteiger partial charge in [0.1, 0.15) is 17.2 Å². The highest BCUT2D eigenvalue weighted by Gasteiger charge is 2.43. The molecule has 0 saturated carbocycles. The topological polar surface area (TPSA) is 86.8 Å². The molecule has 2 aromatic rings. The van der Waals surface area contributed by atoms with Crippen molar-refractivity contribution >= 4 is 17.9 Å². The number of likely N-dealkylation sites (tertiary alicyclic amines) is 2. The molecule has 2 aliphatic heterocycles. The molecule has 39 heavy (non-hydrogen) atoms. The Morgan fingerprint density at radius 1 is 0.744 bits per heavy atom. The Morgan fingerprint density at radius 3 is 1.92 bits per heavy atom. The Balaban J connectivity index is 1.42. The van der Waals surface area contributed by atoms with Crippen LogP contribution in [-0.2, 0) is 4.79 Å². The summed E-state index contributed by atoms with van der Waals surface area (Å²) in [6, 6.07) is 8.82. The Hall–Kier alpha value is -3.88. The second-order valence-corrected chi connectivity index (χ2v) is 10.1. The highest BCUT2D eigenvalue weighted by Crippen LogP contribution is 2.42. The van der Waals surface area contributed by atoms with Crippen LogP contribution >= 0.6 is 0 Å². The highest BCUT2D eigenvalue weighted by atomic mass is 16.5. The molecular formula is C30H38N2O7. The van der Waals surface area contributed by atoms with E-state index in [1.54, 1.807) is 59.8 Å². The zero-order valence-electron chi connectivity index (χ0n) is 23.7. The average Bonchev–Trinajstić information content (AvgIpc) is 3.39. The molecular weight excluding hydrogens is 500 g/mol.